The van der Waals surface area contributed by atoms with Crippen molar-refractivity contribution in [3.05, 3.63) is 54.1 Å². The molecule has 1 N–H and O–H groups in total. The quantitative estimate of drug-likeness (QED) is 0.651. The lowest BCUT2D eigenvalue weighted by Crippen LogP contribution is -2.22. The molecule has 1 atom stereocenters. The molecule has 3 rings (SSSR count). The summed E-state index contributed by atoms with van der Waals surface area (Å²) in [5, 5.41) is 3.64. The zero-order valence-electron chi connectivity index (χ0n) is 14.8. The summed E-state index contributed by atoms with van der Waals surface area (Å²) in [5.74, 6) is -0.0102. The fourth-order valence-electron chi connectivity index (χ4n) is 2.73. The number of carbonyl (C=O) groups excluding carboxylic acids is 1. The Morgan fingerprint density at radius 2 is 1.88 bits per heavy atom. The van der Waals surface area contributed by atoms with Crippen molar-refractivity contribution in [1.82, 2.24) is 9.55 Å². The third kappa shape index (κ3) is 3.87. The zero-order chi connectivity index (χ0) is 17.8. The third-order valence-corrected chi connectivity index (χ3v) is 5.31. The molecule has 0 saturated carbocycles. The molecule has 0 aliphatic carbocycles. The normalized spacial score (nSPS) is 12.3. The van der Waals surface area contributed by atoms with Crippen LogP contribution in [0.3, 0.4) is 0 Å². The summed E-state index contributed by atoms with van der Waals surface area (Å²) in [6.45, 7) is 6.96. The molecule has 0 fully saturated rings. The summed E-state index contributed by atoms with van der Waals surface area (Å²) in [7, 11) is 0. The van der Waals surface area contributed by atoms with E-state index in [0.717, 1.165) is 34.8 Å². The van der Waals surface area contributed by atoms with Crippen molar-refractivity contribution >= 4 is 34.4 Å². The van der Waals surface area contributed by atoms with E-state index in [9.17, 15) is 4.79 Å². The van der Waals surface area contributed by atoms with Crippen molar-refractivity contribution in [2.45, 2.75) is 44.1 Å². The van der Waals surface area contributed by atoms with E-state index in [0.29, 0.717) is 0 Å². The summed E-state index contributed by atoms with van der Waals surface area (Å²) in [6.07, 6.45) is 0.994. The van der Waals surface area contributed by atoms with Gasteiger partial charge in [-0.15, -0.1) is 0 Å². The van der Waals surface area contributed by atoms with Gasteiger partial charge in [-0.05, 0) is 50.1 Å². The first-order valence-corrected chi connectivity index (χ1v) is 9.52. The van der Waals surface area contributed by atoms with Crippen LogP contribution in [0.25, 0.3) is 11.0 Å². The molecule has 0 unspecified atom stereocenters. The molecule has 0 aliphatic rings. The number of hydrogen-bond donors (Lipinski definition) is 1. The van der Waals surface area contributed by atoms with Crippen LogP contribution < -0.4 is 5.32 Å². The SMILES string of the molecule is CCc1ccc(NC(=O)[C@H](C)Sc2nc3ccccc3n2CC)cc1. The van der Waals surface area contributed by atoms with Gasteiger partial charge in [-0.1, -0.05) is 43.0 Å². The summed E-state index contributed by atoms with van der Waals surface area (Å²) in [6, 6.07) is 16.1. The molecule has 5 heteroatoms. The number of aryl methyl sites for hydroxylation is 2. The molecule has 1 heterocycles. The van der Waals surface area contributed by atoms with Gasteiger partial charge in [0.2, 0.25) is 5.91 Å². The minimum atomic E-state index is -0.229. The highest BCUT2D eigenvalue weighted by molar-refractivity contribution is 8.00. The van der Waals surface area contributed by atoms with E-state index in [2.05, 4.69) is 34.8 Å². The number of aromatic nitrogens is 2. The molecule has 0 bridgehead atoms. The van der Waals surface area contributed by atoms with Crippen molar-refractivity contribution in [3.8, 4) is 0 Å². The predicted molar refractivity (Wildman–Crippen MR) is 105 cm³/mol. The van der Waals surface area contributed by atoms with Crippen LogP contribution in [-0.2, 0) is 17.8 Å². The molecule has 0 spiro atoms. The summed E-state index contributed by atoms with van der Waals surface area (Å²) >= 11 is 1.50. The van der Waals surface area contributed by atoms with Gasteiger partial charge in [-0.25, -0.2) is 4.98 Å². The molecule has 0 saturated heterocycles. The van der Waals surface area contributed by atoms with Crippen molar-refractivity contribution in [2.24, 2.45) is 0 Å². The second kappa shape index (κ2) is 7.74. The predicted octanol–water partition coefficient (Wildman–Crippen LogP) is 4.74. The second-order valence-electron chi connectivity index (χ2n) is 5.93. The highest BCUT2D eigenvalue weighted by atomic mass is 32.2. The van der Waals surface area contributed by atoms with E-state index in [1.165, 1.54) is 17.3 Å². The Morgan fingerprint density at radius 3 is 2.56 bits per heavy atom. The molecule has 0 radical (unpaired) electrons. The number of anilines is 1. The molecular formula is C20H23N3OS. The van der Waals surface area contributed by atoms with Gasteiger partial charge in [-0.3, -0.25) is 4.79 Å². The van der Waals surface area contributed by atoms with Crippen LogP contribution in [0, 0.1) is 0 Å². The standard InChI is InChI=1S/C20H23N3OS/c1-4-15-10-12-16(13-11-15)21-19(24)14(3)25-20-22-17-8-6-7-9-18(17)23(20)5-2/h6-14H,4-5H2,1-3H3,(H,21,24)/t14-/m0/s1. The Bertz CT molecular complexity index is 870. The molecule has 1 amide bonds. The Hall–Kier alpha value is -2.27. The molecule has 1 aromatic heterocycles. The largest absolute Gasteiger partial charge is 0.325 e. The lowest BCUT2D eigenvalue weighted by atomic mass is 10.1. The second-order valence-corrected chi connectivity index (χ2v) is 7.24. The van der Waals surface area contributed by atoms with E-state index in [1.807, 2.05) is 49.4 Å². The van der Waals surface area contributed by atoms with Crippen LogP contribution in [0.15, 0.2) is 53.7 Å². The average molecular weight is 353 g/mol. The van der Waals surface area contributed by atoms with Gasteiger partial charge in [0.15, 0.2) is 5.16 Å². The Morgan fingerprint density at radius 1 is 1.16 bits per heavy atom. The first kappa shape index (κ1) is 17.5. The highest BCUT2D eigenvalue weighted by Crippen LogP contribution is 2.27. The van der Waals surface area contributed by atoms with Crippen LogP contribution in [0.4, 0.5) is 5.69 Å². The van der Waals surface area contributed by atoms with Crippen LogP contribution in [0.5, 0.6) is 0 Å². The molecule has 130 valence electrons. The first-order chi connectivity index (χ1) is 12.1. The number of thioether (sulfide) groups is 1. The van der Waals surface area contributed by atoms with Gasteiger partial charge in [-0.2, -0.15) is 0 Å². The van der Waals surface area contributed by atoms with Gasteiger partial charge in [0, 0.05) is 12.2 Å². The van der Waals surface area contributed by atoms with Crippen LogP contribution >= 0.6 is 11.8 Å². The van der Waals surface area contributed by atoms with Gasteiger partial charge in [0.25, 0.3) is 0 Å². The average Bonchev–Trinajstić information content (AvgIpc) is 2.99. The summed E-state index contributed by atoms with van der Waals surface area (Å²) in [5.41, 5.74) is 4.17. The molecule has 2 aromatic carbocycles. The maximum absolute atomic E-state index is 12.5. The zero-order valence-corrected chi connectivity index (χ0v) is 15.6. The van der Waals surface area contributed by atoms with E-state index in [1.54, 1.807) is 0 Å². The topological polar surface area (TPSA) is 46.9 Å². The van der Waals surface area contributed by atoms with Crippen molar-refractivity contribution in [1.29, 1.82) is 0 Å². The van der Waals surface area contributed by atoms with Crippen LogP contribution in [0.2, 0.25) is 0 Å². The number of fused-ring (bicyclic) bond motifs is 1. The Labute approximate surface area is 152 Å². The third-order valence-electron chi connectivity index (χ3n) is 4.22. The minimum Gasteiger partial charge on any atom is -0.325 e. The monoisotopic (exact) mass is 353 g/mol. The van der Waals surface area contributed by atoms with Crippen LogP contribution in [-0.4, -0.2) is 20.7 Å². The van der Waals surface area contributed by atoms with E-state index < -0.39 is 0 Å². The number of amides is 1. The number of benzene rings is 2. The van der Waals surface area contributed by atoms with Crippen molar-refractivity contribution in [2.75, 3.05) is 5.32 Å². The number of nitrogens with zero attached hydrogens (tertiary/aromatic N) is 2. The number of imidazole rings is 1. The van der Waals surface area contributed by atoms with Gasteiger partial charge < -0.3 is 9.88 Å². The first-order valence-electron chi connectivity index (χ1n) is 8.64. The number of rotatable bonds is 6. The smallest absolute Gasteiger partial charge is 0.237 e. The summed E-state index contributed by atoms with van der Waals surface area (Å²) < 4.78 is 2.15. The number of hydrogen-bond acceptors (Lipinski definition) is 3. The van der Waals surface area contributed by atoms with Gasteiger partial charge in [0.1, 0.15) is 0 Å². The van der Waals surface area contributed by atoms with E-state index >= 15 is 0 Å². The molecule has 4 nitrogen and oxygen atoms in total. The Balaban J connectivity index is 1.72. The van der Waals surface area contributed by atoms with Crippen molar-refractivity contribution < 1.29 is 4.79 Å². The number of carbonyl (C=O) groups is 1. The molecular weight excluding hydrogens is 330 g/mol. The fraction of sp³-hybridized carbons (Fsp3) is 0.300. The minimum absolute atomic E-state index is 0.0102. The summed E-state index contributed by atoms with van der Waals surface area (Å²) in [4.78, 5) is 17.2. The fourth-order valence-corrected chi connectivity index (χ4v) is 3.72. The maximum Gasteiger partial charge on any atom is 0.237 e. The van der Waals surface area contributed by atoms with Crippen molar-refractivity contribution in [3.63, 3.8) is 0 Å². The lowest BCUT2D eigenvalue weighted by Gasteiger charge is -2.13. The van der Waals surface area contributed by atoms with E-state index in [-0.39, 0.29) is 11.2 Å². The van der Waals surface area contributed by atoms with E-state index in [4.69, 9.17) is 0 Å². The van der Waals surface area contributed by atoms with Gasteiger partial charge in [0.05, 0.1) is 16.3 Å². The maximum atomic E-state index is 12.5. The number of para-hydroxylation sites is 2. The number of nitrogens with one attached hydrogen (secondary N) is 1. The van der Waals surface area contributed by atoms with Crippen LogP contribution in [0.1, 0.15) is 26.3 Å². The molecule has 0 aliphatic heterocycles. The molecule has 25 heavy (non-hydrogen) atoms. The van der Waals surface area contributed by atoms with Gasteiger partial charge >= 0.3 is 0 Å². The highest BCUT2D eigenvalue weighted by Gasteiger charge is 2.19. The Kier molecular flexibility index (Phi) is 5.43. The lowest BCUT2D eigenvalue weighted by molar-refractivity contribution is -0.115. The molecule has 3 aromatic rings.